The number of carbonyl (C=O) groups excluding carboxylic acids is 1. The third-order valence-corrected chi connectivity index (χ3v) is 6.11. The first kappa shape index (κ1) is 22.4. The van der Waals surface area contributed by atoms with E-state index in [0.717, 1.165) is 26.6 Å². The Morgan fingerprint density at radius 2 is 1.91 bits per heavy atom. The van der Waals surface area contributed by atoms with E-state index in [4.69, 9.17) is 13.9 Å². The highest BCUT2D eigenvalue weighted by molar-refractivity contribution is 7.16. The highest BCUT2D eigenvalue weighted by atomic mass is 32.1. The summed E-state index contributed by atoms with van der Waals surface area (Å²) in [7, 11) is 3.24. The van der Waals surface area contributed by atoms with Crippen molar-refractivity contribution in [2.24, 2.45) is 0 Å². The van der Waals surface area contributed by atoms with Crippen molar-refractivity contribution in [3.05, 3.63) is 88.3 Å². The van der Waals surface area contributed by atoms with Crippen molar-refractivity contribution in [2.75, 3.05) is 24.9 Å². The average molecular weight is 464 g/mol. The number of hydrogen-bond acceptors (Lipinski definition) is 7. The van der Waals surface area contributed by atoms with Crippen LogP contribution >= 0.6 is 11.3 Å². The van der Waals surface area contributed by atoms with Gasteiger partial charge in [0.15, 0.2) is 5.76 Å². The van der Waals surface area contributed by atoms with Gasteiger partial charge in [-0.3, -0.25) is 4.79 Å². The molecule has 2 N–H and O–H groups in total. The van der Waals surface area contributed by atoms with Gasteiger partial charge in [-0.05, 0) is 61.9 Å². The number of nitrogens with zero attached hydrogens (tertiary/aromatic N) is 1. The van der Waals surface area contributed by atoms with Gasteiger partial charge in [-0.15, -0.1) is 11.3 Å². The monoisotopic (exact) mass is 463 g/mol. The van der Waals surface area contributed by atoms with Crippen LogP contribution in [0.1, 0.15) is 38.2 Å². The molecule has 0 aliphatic rings. The summed E-state index contributed by atoms with van der Waals surface area (Å²) in [6.07, 6.45) is 3.24. The number of furan rings is 1. The molecule has 170 valence electrons. The van der Waals surface area contributed by atoms with Crippen LogP contribution in [0.4, 0.5) is 10.8 Å². The highest BCUT2D eigenvalue weighted by Crippen LogP contribution is 2.41. The summed E-state index contributed by atoms with van der Waals surface area (Å²) in [5.74, 6) is 2.00. The first-order valence-electron chi connectivity index (χ1n) is 10.3. The van der Waals surface area contributed by atoms with Gasteiger partial charge in [-0.1, -0.05) is 0 Å². The highest BCUT2D eigenvalue weighted by Gasteiger charge is 2.25. The minimum atomic E-state index is -0.350. The first-order chi connectivity index (χ1) is 16.0. The Hall–Kier alpha value is -3.78. The third kappa shape index (κ3) is 5.01. The van der Waals surface area contributed by atoms with E-state index in [1.165, 1.54) is 17.6 Å². The minimum Gasteiger partial charge on any atom is -0.497 e. The number of carbonyl (C=O) groups is 1. The maximum atomic E-state index is 12.7. The summed E-state index contributed by atoms with van der Waals surface area (Å²) in [4.78, 5) is 18.3. The van der Waals surface area contributed by atoms with Crippen molar-refractivity contribution in [2.45, 2.75) is 19.9 Å². The molecule has 0 radical (unpaired) electrons. The largest absolute Gasteiger partial charge is 0.497 e. The van der Waals surface area contributed by atoms with Gasteiger partial charge in [0, 0.05) is 28.3 Å². The molecule has 0 fully saturated rings. The Kier molecular flexibility index (Phi) is 6.65. The summed E-state index contributed by atoms with van der Waals surface area (Å²) in [6, 6.07) is 14.6. The van der Waals surface area contributed by atoms with Gasteiger partial charge >= 0.3 is 0 Å². The van der Waals surface area contributed by atoms with Crippen molar-refractivity contribution in [3.63, 3.8) is 0 Å². The molecule has 3 aromatic heterocycles. The van der Waals surface area contributed by atoms with Gasteiger partial charge < -0.3 is 24.5 Å². The molecule has 0 saturated carbocycles. The number of hydrogen-bond donors (Lipinski definition) is 2. The van der Waals surface area contributed by atoms with Crippen molar-refractivity contribution >= 4 is 28.1 Å². The molecule has 7 nitrogen and oxygen atoms in total. The fourth-order valence-electron chi connectivity index (χ4n) is 3.56. The van der Waals surface area contributed by atoms with E-state index in [-0.39, 0.29) is 17.7 Å². The van der Waals surface area contributed by atoms with Crippen LogP contribution < -0.4 is 20.1 Å². The SMILES string of the molecule is COc1ccc([C@@H](Nc2cc(C)ccn2)c2cc(C)sc2NC(=O)c2ccco2)c(OC)c1. The summed E-state index contributed by atoms with van der Waals surface area (Å²) >= 11 is 1.50. The average Bonchev–Trinajstić information content (AvgIpc) is 3.47. The maximum absolute atomic E-state index is 12.7. The number of amides is 1. The van der Waals surface area contributed by atoms with Crippen LogP contribution in [-0.2, 0) is 0 Å². The van der Waals surface area contributed by atoms with Crippen LogP contribution in [0, 0.1) is 13.8 Å². The lowest BCUT2D eigenvalue weighted by atomic mass is 9.98. The van der Waals surface area contributed by atoms with Gasteiger partial charge in [0.1, 0.15) is 22.3 Å². The molecule has 0 spiro atoms. The third-order valence-electron chi connectivity index (χ3n) is 5.13. The van der Waals surface area contributed by atoms with Crippen LogP contribution in [0.5, 0.6) is 11.5 Å². The Balaban J connectivity index is 1.79. The Morgan fingerprint density at radius 3 is 2.61 bits per heavy atom. The molecule has 0 bridgehead atoms. The number of aryl methyl sites for hydroxylation is 2. The number of methoxy groups -OCH3 is 2. The normalized spacial score (nSPS) is 11.6. The standard InChI is InChI=1S/C25H25N3O4S/c1-15-9-10-26-22(12-15)27-23(18-8-7-17(30-3)14-21(18)31-4)19-13-16(2)33-25(19)28-24(29)20-6-5-11-32-20/h5-14,23H,1-4H3,(H,26,27)(H,28,29)/t23-/m1/s1. The van der Waals surface area contributed by atoms with Crippen LogP contribution in [-0.4, -0.2) is 25.1 Å². The summed E-state index contributed by atoms with van der Waals surface area (Å²) in [5, 5.41) is 7.25. The molecule has 1 amide bonds. The van der Waals surface area contributed by atoms with Gasteiger partial charge in [0.2, 0.25) is 0 Å². The Labute approximate surface area is 196 Å². The molecule has 3 heterocycles. The Morgan fingerprint density at radius 1 is 1.06 bits per heavy atom. The number of aromatic nitrogens is 1. The number of thiophene rings is 1. The van der Waals surface area contributed by atoms with Gasteiger partial charge in [0.25, 0.3) is 5.91 Å². The predicted molar refractivity (Wildman–Crippen MR) is 130 cm³/mol. The van der Waals surface area contributed by atoms with Crippen molar-refractivity contribution in [1.29, 1.82) is 0 Å². The molecule has 0 unspecified atom stereocenters. The number of rotatable bonds is 8. The second kappa shape index (κ2) is 9.79. The fourth-order valence-corrected chi connectivity index (χ4v) is 4.51. The maximum Gasteiger partial charge on any atom is 0.291 e. The second-order valence-electron chi connectivity index (χ2n) is 7.48. The quantitative estimate of drug-likeness (QED) is 0.342. The summed E-state index contributed by atoms with van der Waals surface area (Å²) in [6.45, 7) is 4.02. The smallest absolute Gasteiger partial charge is 0.291 e. The lowest BCUT2D eigenvalue weighted by Crippen LogP contribution is -2.17. The van der Waals surface area contributed by atoms with E-state index in [1.807, 2.05) is 44.2 Å². The molecule has 33 heavy (non-hydrogen) atoms. The van der Waals surface area contributed by atoms with E-state index in [0.29, 0.717) is 17.3 Å². The van der Waals surface area contributed by atoms with E-state index in [9.17, 15) is 4.79 Å². The van der Waals surface area contributed by atoms with Gasteiger partial charge in [-0.25, -0.2) is 4.98 Å². The summed E-state index contributed by atoms with van der Waals surface area (Å²) < 4.78 is 16.3. The lowest BCUT2D eigenvalue weighted by Gasteiger charge is -2.23. The molecule has 1 aromatic carbocycles. The fraction of sp³-hybridized carbons (Fsp3) is 0.200. The first-order valence-corrected chi connectivity index (χ1v) is 11.2. The molecule has 8 heteroatoms. The zero-order valence-corrected chi connectivity index (χ0v) is 19.7. The van der Waals surface area contributed by atoms with E-state index < -0.39 is 0 Å². The number of benzene rings is 1. The van der Waals surface area contributed by atoms with Crippen LogP contribution in [0.15, 0.2) is 65.4 Å². The van der Waals surface area contributed by atoms with E-state index in [1.54, 1.807) is 32.5 Å². The number of ether oxygens (including phenoxy) is 2. The van der Waals surface area contributed by atoms with E-state index in [2.05, 4.69) is 21.7 Å². The topological polar surface area (TPSA) is 85.6 Å². The number of pyridine rings is 1. The molecule has 0 saturated heterocycles. The minimum absolute atomic E-state index is 0.249. The van der Waals surface area contributed by atoms with Crippen molar-refractivity contribution in [1.82, 2.24) is 4.98 Å². The zero-order valence-electron chi connectivity index (χ0n) is 18.8. The van der Waals surface area contributed by atoms with Crippen molar-refractivity contribution < 1.29 is 18.7 Å². The Bertz CT molecular complexity index is 1250. The molecular weight excluding hydrogens is 438 g/mol. The molecule has 0 aliphatic carbocycles. The molecule has 4 aromatic rings. The molecule has 0 aliphatic heterocycles. The predicted octanol–water partition coefficient (Wildman–Crippen LogP) is 5.82. The summed E-state index contributed by atoms with van der Waals surface area (Å²) in [5.41, 5.74) is 2.86. The molecule has 4 rings (SSSR count). The van der Waals surface area contributed by atoms with Gasteiger partial charge in [0.05, 0.1) is 26.5 Å². The lowest BCUT2D eigenvalue weighted by molar-refractivity contribution is 0.0997. The van der Waals surface area contributed by atoms with Crippen LogP contribution in [0.2, 0.25) is 0 Å². The van der Waals surface area contributed by atoms with Crippen molar-refractivity contribution in [3.8, 4) is 11.5 Å². The van der Waals surface area contributed by atoms with E-state index >= 15 is 0 Å². The van der Waals surface area contributed by atoms with Crippen LogP contribution in [0.3, 0.4) is 0 Å². The van der Waals surface area contributed by atoms with Gasteiger partial charge in [-0.2, -0.15) is 0 Å². The zero-order chi connectivity index (χ0) is 23.4. The molecule has 1 atom stereocenters. The number of anilines is 2. The molecular formula is C25H25N3O4S. The van der Waals surface area contributed by atoms with Crippen LogP contribution in [0.25, 0.3) is 0 Å². The second-order valence-corrected chi connectivity index (χ2v) is 8.73. The number of nitrogens with one attached hydrogen (secondary N) is 2.